The number of esters is 1. The molecule has 2 heterocycles. The van der Waals surface area contributed by atoms with Crippen LogP contribution in [0.25, 0.3) is 0 Å². The number of carbonyl (C=O) groups excluding carboxylic acids is 1. The van der Waals surface area contributed by atoms with E-state index < -0.39 is 0 Å². The molecular weight excluding hydrogens is 351 g/mol. The lowest BCUT2D eigenvalue weighted by atomic mass is 9.93. The summed E-state index contributed by atoms with van der Waals surface area (Å²) in [4.78, 5) is 14.9. The number of fused-ring (bicyclic) bond motifs is 3. The van der Waals surface area contributed by atoms with Crippen molar-refractivity contribution in [2.45, 2.75) is 37.6 Å². The van der Waals surface area contributed by atoms with Gasteiger partial charge in [-0.05, 0) is 49.3 Å². The van der Waals surface area contributed by atoms with Crippen molar-refractivity contribution < 1.29 is 13.9 Å². The number of nitrogens with zero attached hydrogens (tertiary/aromatic N) is 1. The highest BCUT2D eigenvalue weighted by Crippen LogP contribution is 2.66. The summed E-state index contributed by atoms with van der Waals surface area (Å²) < 4.78 is 21.9. The van der Waals surface area contributed by atoms with Crippen LogP contribution in [0.3, 0.4) is 0 Å². The van der Waals surface area contributed by atoms with Crippen LogP contribution in [0.1, 0.15) is 36.2 Å². The van der Waals surface area contributed by atoms with E-state index in [1.54, 1.807) is 19.1 Å². The molecule has 0 unspecified atom stereocenters. The molecule has 7 heteroatoms. The van der Waals surface area contributed by atoms with E-state index in [1.807, 2.05) is 4.57 Å². The maximum atomic E-state index is 14.4. The van der Waals surface area contributed by atoms with Crippen molar-refractivity contribution in [2.24, 2.45) is 0 Å². The number of benzene rings is 1. The van der Waals surface area contributed by atoms with E-state index in [9.17, 15) is 9.18 Å². The fraction of sp³-hybridized carbons (Fsp3) is 0.412. The van der Waals surface area contributed by atoms with Gasteiger partial charge in [0.25, 0.3) is 0 Å². The minimum absolute atomic E-state index is 0.155. The zero-order valence-corrected chi connectivity index (χ0v) is 14.6. The highest BCUT2D eigenvalue weighted by molar-refractivity contribution is 7.71. The number of ether oxygens (including phenoxy) is 1. The van der Waals surface area contributed by atoms with Gasteiger partial charge < -0.3 is 14.3 Å². The molecule has 0 amide bonds. The van der Waals surface area contributed by atoms with Crippen LogP contribution in [0, 0.1) is 10.6 Å². The largest absolute Gasteiger partial charge is 0.466 e. The normalized spacial score (nSPS) is 23.7. The molecule has 1 aliphatic heterocycles. The Morgan fingerprint density at radius 1 is 1.58 bits per heavy atom. The monoisotopic (exact) mass is 366 g/mol. The van der Waals surface area contributed by atoms with Gasteiger partial charge in [0, 0.05) is 34.3 Å². The number of halogens is 2. The standard InChI is InChI=1S/C17H16ClFN2O2S/c1-2-23-14(22)6-13-15-11-7-17(11,8-21(15)16(24)20-13)10-5-9(18)3-4-12(10)19/h3-5,11H,2,6-8H2,1H3,(H,20,24)/t11-,17+/m0/s1. The summed E-state index contributed by atoms with van der Waals surface area (Å²) in [6.07, 6.45) is 0.997. The lowest BCUT2D eigenvalue weighted by Crippen LogP contribution is -2.14. The summed E-state index contributed by atoms with van der Waals surface area (Å²) in [7, 11) is 0. The second-order valence-corrected chi connectivity index (χ2v) is 7.22. The topological polar surface area (TPSA) is 47.0 Å². The Morgan fingerprint density at radius 3 is 3.12 bits per heavy atom. The van der Waals surface area contributed by atoms with Gasteiger partial charge in [0.15, 0.2) is 4.77 Å². The molecule has 2 aromatic rings. The molecule has 1 saturated carbocycles. The van der Waals surface area contributed by atoms with E-state index in [4.69, 9.17) is 28.6 Å². The van der Waals surface area contributed by atoms with Gasteiger partial charge >= 0.3 is 5.97 Å². The van der Waals surface area contributed by atoms with Crippen molar-refractivity contribution in [1.82, 2.24) is 9.55 Å². The van der Waals surface area contributed by atoms with Crippen LogP contribution in [0.5, 0.6) is 0 Å². The molecule has 1 aliphatic carbocycles. The summed E-state index contributed by atoms with van der Waals surface area (Å²) in [5.74, 6) is -0.374. The average Bonchev–Trinajstić information content (AvgIpc) is 3.02. The minimum atomic E-state index is -0.295. The van der Waals surface area contributed by atoms with Crippen molar-refractivity contribution in [2.75, 3.05) is 6.61 Å². The maximum Gasteiger partial charge on any atom is 0.311 e. The average molecular weight is 367 g/mol. The Bertz CT molecular complexity index is 906. The first-order chi connectivity index (χ1) is 11.5. The van der Waals surface area contributed by atoms with Crippen LogP contribution in [-0.4, -0.2) is 22.1 Å². The molecule has 1 fully saturated rings. The van der Waals surface area contributed by atoms with Gasteiger partial charge in [0.2, 0.25) is 0 Å². The van der Waals surface area contributed by atoms with Gasteiger partial charge in [-0.1, -0.05) is 11.6 Å². The van der Waals surface area contributed by atoms with Crippen molar-refractivity contribution >= 4 is 29.8 Å². The molecular formula is C17H16ClFN2O2S. The third kappa shape index (κ3) is 2.24. The second-order valence-electron chi connectivity index (χ2n) is 6.40. The van der Waals surface area contributed by atoms with Crippen molar-refractivity contribution in [3.63, 3.8) is 0 Å². The molecule has 0 spiro atoms. The number of carbonyl (C=O) groups is 1. The van der Waals surface area contributed by atoms with Crippen LogP contribution in [-0.2, 0) is 27.9 Å². The third-order valence-corrected chi connectivity index (χ3v) is 5.60. The maximum absolute atomic E-state index is 14.4. The molecule has 1 N–H and O–H groups in total. The van der Waals surface area contributed by atoms with E-state index in [0.717, 1.165) is 17.8 Å². The predicted molar refractivity (Wildman–Crippen MR) is 90.4 cm³/mol. The van der Waals surface area contributed by atoms with Crippen LogP contribution in [0.2, 0.25) is 5.02 Å². The fourth-order valence-electron chi connectivity index (χ4n) is 3.96. The Labute approximate surface area is 148 Å². The van der Waals surface area contributed by atoms with Gasteiger partial charge in [0.1, 0.15) is 5.82 Å². The Kier molecular flexibility index (Phi) is 3.58. The molecule has 4 rings (SSSR count). The quantitative estimate of drug-likeness (QED) is 0.659. The highest BCUT2D eigenvalue weighted by Gasteiger charge is 2.63. The van der Waals surface area contributed by atoms with Crippen LogP contribution in [0.4, 0.5) is 4.39 Å². The van der Waals surface area contributed by atoms with Gasteiger partial charge in [-0.25, -0.2) is 4.39 Å². The molecule has 2 aliphatic rings. The van der Waals surface area contributed by atoms with E-state index in [0.29, 0.717) is 28.5 Å². The second kappa shape index (κ2) is 5.43. The zero-order chi connectivity index (χ0) is 17.1. The summed E-state index contributed by atoms with van der Waals surface area (Å²) in [5.41, 5.74) is 2.13. The lowest BCUT2D eigenvalue weighted by molar-refractivity contribution is -0.142. The summed E-state index contributed by atoms with van der Waals surface area (Å²) in [6, 6.07) is 4.68. The molecule has 126 valence electrons. The number of nitrogens with one attached hydrogen (secondary N) is 1. The Balaban J connectivity index is 1.71. The number of aromatic amines is 1. The molecule has 0 radical (unpaired) electrons. The highest BCUT2D eigenvalue weighted by atomic mass is 35.5. The predicted octanol–water partition coefficient (Wildman–Crippen LogP) is 3.88. The van der Waals surface area contributed by atoms with Crippen molar-refractivity contribution in [3.8, 4) is 0 Å². The van der Waals surface area contributed by atoms with E-state index in [2.05, 4.69) is 4.98 Å². The van der Waals surface area contributed by atoms with Gasteiger partial charge in [-0.15, -0.1) is 0 Å². The minimum Gasteiger partial charge on any atom is -0.466 e. The number of hydrogen-bond donors (Lipinski definition) is 1. The molecule has 0 saturated heterocycles. The number of imidazole rings is 1. The first kappa shape index (κ1) is 15.8. The van der Waals surface area contributed by atoms with E-state index in [1.165, 1.54) is 6.07 Å². The molecule has 1 aromatic heterocycles. The van der Waals surface area contributed by atoms with Crippen molar-refractivity contribution in [3.05, 3.63) is 50.8 Å². The number of aromatic nitrogens is 2. The van der Waals surface area contributed by atoms with Gasteiger partial charge in [0.05, 0.1) is 13.0 Å². The van der Waals surface area contributed by atoms with Gasteiger partial charge in [-0.2, -0.15) is 0 Å². The first-order valence-corrected chi connectivity index (χ1v) is 8.67. The summed E-state index contributed by atoms with van der Waals surface area (Å²) in [5, 5.41) is 0.528. The van der Waals surface area contributed by atoms with E-state index >= 15 is 0 Å². The van der Waals surface area contributed by atoms with Crippen molar-refractivity contribution in [1.29, 1.82) is 0 Å². The zero-order valence-electron chi connectivity index (χ0n) is 13.1. The summed E-state index contributed by atoms with van der Waals surface area (Å²) >= 11 is 11.4. The van der Waals surface area contributed by atoms with Crippen LogP contribution < -0.4 is 0 Å². The van der Waals surface area contributed by atoms with E-state index in [-0.39, 0.29) is 29.5 Å². The Morgan fingerprint density at radius 2 is 2.38 bits per heavy atom. The SMILES string of the molecule is CCOC(=O)Cc1[nH]c(=S)n2c1[C@@H]1C[C@]1(c1cc(Cl)ccc1F)C2. The molecule has 0 bridgehead atoms. The Hall–Kier alpha value is -1.66. The lowest BCUT2D eigenvalue weighted by Gasteiger charge is -2.14. The smallest absolute Gasteiger partial charge is 0.311 e. The molecule has 4 nitrogen and oxygen atoms in total. The molecule has 2 atom stereocenters. The summed E-state index contributed by atoms with van der Waals surface area (Å²) in [6.45, 7) is 2.73. The number of rotatable bonds is 4. The third-order valence-electron chi connectivity index (χ3n) is 5.04. The fourth-order valence-corrected chi connectivity index (χ4v) is 4.42. The number of H-pyrrole nitrogens is 1. The number of hydrogen-bond acceptors (Lipinski definition) is 3. The molecule has 1 aromatic carbocycles. The van der Waals surface area contributed by atoms with Gasteiger partial charge in [-0.3, -0.25) is 4.79 Å². The van der Waals surface area contributed by atoms with Crippen LogP contribution in [0.15, 0.2) is 18.2 Å². The first-order valence-electron chi connectivity index (χ1n) is 7.89. The molecule has 24 heavy (non-hydrogen) atoms. The van der Waals surface area contributed by atoms with Crippen LogP contribution >= 0.6 is 23.8 Å².